The van der Waals surface area contributed by atoms with Gasteiger partial charge >= 0.3 is 0 Å². The van der Waals surface area contributed by atoms with Crippen LogP contribution in [0.15, 0.2) is 150 Å². The fourth-order valence-corrected chi connectivity index (χ4v) is 7.53. The zero-order valence-corrected chi connectivity index (χ0v) is 34.6. The zero-order valence-electron chi connectivity index (χ0n) is 31.2. The average molecular weight is 885 g/mol. The Kier molecular flexibility index (Phi) is 11.4. The molecule has 0 fully saturated rings. The normalized spacial score (nSPS) is 11.5. The number of aromatic nitrogens is 2. The van der Waals surface area contributed by atoms with Crippen LogP contribution in [0.25, 0.3) is 66.7 Å². The second kappa shape index (κ2) is 16.0. The van der Waals surface area contributed by atoms with E-state index < -0.39 is 8.07 Å². The molecule has 267 valence electrons. The molecular weight excluding hydrogens is 841 g/mol. The predicted molar refractivity (Wildman–Crippen MR) is 221 cm³/mol. The van der Waals surface area contributed by atoms with Crippen LogP contribution in [0, 0.1) is 17.5 Å². The van der Waals surface area contributed by atoms with Gasteiger partial charge in [-0.05, 0) is 57.2 Å². The van der Waals surface area contributed by atoms with Crippen LogP contribution in [0.3, 0.4) is 0 Å². The Labute approximate surface area is 328 Å². The minimum Gasteiger partial charge on any atom is -0.501 e. The molecular formula is C48H44IrN2OSi-2. The van der Waals surface area contributed by atoms with Gasteiger partial charge in [-0.2, -0.15) is 0 Å². The van der Waals surface area contributed by atoms with E-state index in [2.05, 4.69) is 172 Å². The minimum atomic E-state index is -1.29. The van der Waals surface area contributed by atoms with E-state index in [0.717, 1.165) is 56.4 Å². The summed E-state index contributed by atoms with van der Waals surface area (Å²) >= 11 is 0. The summed E-state index contributed by atoms with van der Waals surface area (Å²) < 4.78 is 6.37. The fourth-order valence-electron chi connectivity index (χ4n) is 6.50. The third-order valence-corrected chi connectivity index (χ3v) is 11.2. The number of furan rings is 1. The number of benzene rings is 5. The summed E-state index contributed by atoms with van der Waals surface area (Å²) in [4.78, 5) is 9.29. The Morgan fingerprint density at radius 3 is 1.94 bits per heavy atom. The molecule has 3 heterocycles. The molecule has 0 N–H and O–H groups in total. The molecule has 1 radical (unpaired) electrons. The van der Waals surface area contributed by atoms with Gasteiger partial charge in [0.05, 0.1) is 13.7 Å². The first kappa shape index (κ1) is 37.8. The largest absolute Gasteiger partial charge is 0.501 e. The molecule has 0 saturated carbocycles. The Hall–Kier alpha value is -4.93. The van der Waals surface area contributed by atoms with E-state index in [1.54, 1.807) is 0 Å². The van der Waals surface area contributed by atoms with E-state index in [0.29, 0.717) is 0 Å². The van der Waals surface area contributed by atoms with Crippen LogP contribution < -0.4 is 5.19 Å². The first-order chi connectivity index (χ1) is 25.0. The molecule has 8 rings (SSSR count). The van der Waals surface area contributed by atoms with Gasteiger partial charge in [0, 0.05) is 37.9 Å². The van der Waals surface area contributed by atoms with Crippen molar-refractivity contribution in [2.24, 2.45) is 5.41 Å². The van der Waals surface area contributed by atoms with Crippen LogP contribution in [-0.2, 0) is 26.5 Å². The van der Waals surface area contributed by atoms with Gasteiger partial charge in [-0.1, -0.05) is 148 Å². The summed E-state index contributed by atoms with van der Waals surface area (Å²) in [6.45, 7) is 13.8. The quantitative estimate of drug-likeness (QED) is 0.123. The number of nitrogens with zero attached hydrogens (tertiary/aromatic N) is 2. The zero-order chi connectivity index (χ0) is 36.3. The van der Waals surface area contributed by atoms with Gasteiger partial charge < -0.3 is 14.4 Å². The van der Waals surface area contributed by atoms with E-state index in [1.807, 2.05) is 36.7 Å². The molecule has 0 aliphatic heterocycles. The number of pyridine rings is 2. The summed E-state index contributed by atoms with van der Waals surface area (Å²) in [5.74, 6) is 0. The molecule has 5 aromatic carbocycles. The Bertz CT molecular complexity index is 2440. The van der Waals surface area contributed by atoms with Crippen molar-refractivity contribution >= 4 is 35.2 Å². The molecule has 3 aromatic heterocycles. The molecule has 8 aromatic rings. The SMILES string of the molecule is CC(C)(C)Cc1ccnc(-c2[c-]ccc3c2oc2cc(-c4ccccc4)ccc23)c1.C[Si](C)(C)c1ccc(-c2[c-]ccc(-c3ccccc3)c2)nc1.[Ir]. The van der Waals surface area contributed by atoms with Gasteiger partial charge in [0.15, 0.2) is 0 Å². The predicted octanol–water partition coefficient (Wildman–Crippen LogP) is 12.5. The fraction of sp³-hybridized carbons (Fsp3) is 0.167. The third kappa shape index (κ3) is 9.00. The third-order valence-electron chi connectivity index (χ3n) is 9.17. The standard InChI is InChI=1S/C28H24NO.C20H20NSi.Ir/c1-28(2,3)18-19-14-15-29-25(16-19)24-11-7-10-23-22-13-12-21(17-26(22)30-27(23)24)20-8-5-4-6-9-20;1-22(2,3)19-12-13-20(21-15-19)18-11-7-10-17(14-18)16-8-5-4-6-9-16;/h4-10,12-17H,18H2,1-3H3;4-10,12-15H,1-3H3;/q2*-1;. The Morgan fingerprint density at radius 2 is 1.30 bits per heavy atom. The van der Waals surface area contributed by atoms with E-state index in [1.165, 1.54) is 27.4 Å². The number of hydrogen-bond acceptors (Lipinski definition) is 3. The maximum Gasteiger partial charge on any atom is 0.121 e. The van der Waals surface area contributed by atoms with Gasteiger partial charge in [0.25, 0.3) is 0 Å². The number of hydrogen-bond donors (Lipinski definition) is 0. The van der Waals surface area contributed by atoms with E-state index in [4.69, 9.17) is 4.42 Å². The van der Waals surface area contributed by atoms with E-state index in [9.17, 15) is 0 Å². The summed E-state index contributed by atoms with van der Waals surface area (Å²) in [6.07, 6.45) is 4.92. The molecule has 0 unspecified atom stereocenters. The first-order valence-corrected chi connectivity index (χ1v) is 21.4. The molecule has 0 aliphatic rings. The van der Waals surface area contributed by atoms with Crippen LogP contribution >= 0.6 is 0 Å². The van der Waals surface area contributed by atoms with Crippen molar-refractivity contribution in [2.75, 3.05) is 0 Å². The molecule has 5 heteroatoms. The maximum absolute atomic E-state index is 6.37. The Balaban J connectivity index is 0.000000187. The summed E-state index contributed by atoms with van der Waals surface area (Å²) in [6, 6.07) is 52.8. The summed E-state index contributed by atoms with van der Waals surface area (Å²) in [5.41, 5.74) is 11.8. The maximum atomic E-state index is 6.37. The van der Waals surface area contributed by atoms with Crippen LogP contribution in [0.2, 0.25) is 19.6 Å². The van der Waals surface area contributed by atoms with Crippen molar-refractivity contribution in [3.8, 4) is 44.8 Å². The van der Waals surface area contributed by atoms with Crippen LogP contribution in [0.4, 0.5) is 0 Å². The topological polar surface area (TPSA) is 38.9 Å². The van der Waals surface area contributed by atoms with Crippen molar-refractivity contribution in [3.63, 3.8) is 0 Å². The molecule has 0 amide bonds. The number of fused-ring (bicyclic) bond motifs is 3. The van der Waals surface area contributed by atoms with E-state index in [-0.39, 0.29) is 25.5 Å². The molecule has 0 saturated heterocycles. The second-order valence-corrected chi connectivity index (χ2v) is 20.7. The van der Waals surface area contributed by atoms with E-state index >= 15 is 0 Å². The Morgan fingerprint density at radius 1 is 0.623 bits per heavy atom. The van der Waals surface area contributed by atoms with Crippen LogP contribution in [0.5, 0.6) is 0 Å². The number of rotatable bonds is 6. The molecule has 0 bridgehead atoms. The van der Waals surface area contributed by atoms with Crippen molar-refractivity contribution in [1.29, 1.82) is 0 Å². The van der Waals surface area contributed by atoms with Crippen LogP contribution in [-0.4, -0.2) is 18.0 Å². The molecule has 53 heavy (non-hydrogen) atoms. The van der Waals surface area contributed by atoms with Crippen molar-refractivity contribution < 1.29 is 24.5 Å². The molecule has 0 atom stereocenters. The molecule has 0 aliphatic carbocycles. The van der Waals surface area contributed by atoms with Gasteiger partial charge in [-0.3, -0.25) is 0 Å². The minimum absolute atomic E-state index is 0. The van der Waals surface area contributed by atoms with Crippen molar-refractivity contribution in [1.82, 2.24) is 9.97 Å². The van der Waals surface area contributed by atoms with Gasteiger partial charge in [0.1, 0.15) is 5.58 Å². The van der Waals surface area contributed by atoms with Gasteiger partial charge in [0.2, 0.25) is 0 Å². The summed E-state index contributed by atoms with van der Waals surface area (Å²) in [7, 11) is -1.29. The molecule has 3 nitrogen and oxygen atoms in total. The first-order valence-electron chi connectivity index (χ1n) is 17.9. The molecule has 0 spiro atoms. The summed E-state index contributed by atoms with van der Waals surface area (Å²) in [5, 5.41) is 3.60. The van der Waals surface area contributed by atoms with Gasteiger partial charge in [-0.15, -0.1) is 53.6 Å². The smallest absolute Gasteiger partial charge is 0.121 e. The average Bonchev–Trinajstić information content (AvgIpc) is 3.53. The van der Waals surface area contributed by atoms with Crippen molar-refractivity contribution in [2.45, 2.75) is 46.8 Å². The second-order valence-electron chi connectivity index (χ2n) is 15.6. The van der Waals surface area contributed by atoms with Crippen LogP contribution in [0.1, 0.15) is 26.3 Å². The monoisotopic (exact) mass is 885 g/mol. The van der Waals surface area contributed by atoms with Gasteiger partial charge in [-0.25, -0.2) is 0 Å². The van der Waals surface area contributed by atoms with Crippen molar-refractivity contribution in [3.05, 3.63) is 164 Å².